The van der Waals surface area contributed by atoms with Crippen LogP contribution in [0.4, 0.5) is 0 Å². The van der Waals surface area contributed by atoms with Crippen LogP contribution in [0.5, 0.6) is 0 Å². The normalized spacial score (nSPS) is 16.3. The van der Waals surface area contributed by atoms with Gasteiger partial charge in [-0.05, 0) is 38.3 Å². The smallest absolute Gasteiger partial charge is 0.293 e. The summed E-state index contributed by atoms with van der Waals surface area (Å²) in [7, 11) is 0. The molecule has 1 fully saturated rings. The first kappa shape index (κ1) is 15.0. The Hall–Kier alpha value is -1.43. The third-order valence-electron chi connectivity index (χ3n) is 3.78. The van der Waals surface area contributed by atoms with E-state index in [-0.39, 0.29) is 5.91 Å². The van der Waals surface area contributed by atoms with Gasteiger partial charge >= 0.3 is 0 Å². The van der Waals surface area contributed by atoms with Crippen LogP contribution in [0.2, 0.25) is 0 Å². The summed E-state index contributed by atoms with van der Waals surface area (Å²) in [5.74, 6) is 1.63. The third kappa shape index (κ3) is 3.79. The number of hydrogen-bond donors (Lipinski definition) is 2. The molecule has 0 radical (unpaired) electrons. The van der Waals surface area contributed by atoms with Crippen LogP contribution in [0.25, 0.3) is 0 Å². The molecule has 1 aromatic heterocycles. The average molecular weight is 279 g/mol. The van der Waals surface area contributed by atoms with Crippen molar-refractivity contribution in [3.63, 3.8) is 0 Å². The van der Waals surface area contributed by atoms with E-state index in [1.165, 1.54) is 0 Å². The van der Waals surface area contributed by atoms with Gasteiger partial charge in [-0.25, -0.2) is 4.98 Å². The fourth-order valence-electron chi connectivity index (χ4n) is 2.61. The van der Waals surface area contributed by atoms with Gasteiger partial charge in [-0.3, -0.25) is 9.89 Å². The molecule has 1 amide bonds. The number of nitrogens with one attached hydrogen (secondary N) is 2. The number of piperidine rings is 1. The summed E-state index contributed by atoms with van der Waals surface area (Å²) in [5.41, 5.74) is 0. The molecule has 0 aliphatic carbocycles. The molecule has 0 bridgehead atoms. The Morgan fingerprint density at radius 2 is 2.10 bits per heavy atom. The van der Waals surface area contributed by atoms with E-state index < -0.39 is 0 Å². The number of carbonyl (C=O) groups is 1. The van der Waals surface area contributed by atoms with Crippen molar-refractivity contribution < 1.29 is 4.79 Å². The number of hydrogen-bond acceptors (Lipinski definition) is 4. The fraction of sp³-hybridized carbons (Fsp3) is 0.786. The monoisotopic (exact) mass is 279 g/mol. The van der Waals surface area contributed by atoms with Crippen molar-refractivity contribution in [2.45, 2.75) is 39.5 Å². The highest BCUT2D eigenvalue weighted by atomic mass is 16.2. The molecular formula is C14H25N5O. The summed E-state index contributed by atoms with van der Waals surface area (Å²) in [4.78, 5) is 18.7. The molecule has 2 N–H and O–H groups in total. The maximum atomic E-state index is 12.5. The number of nitrogens with zero attached hydrogens (tertiary/aromatic N) is 3. The van der Waals surface area contributed by atoms with E-state index in [4.69, 9.17) is 0 Å². The van der Waals surface area contributed by atoms with Gasteiger partial charge in [0.1, 0.15) is 5.82 Å². The molecule has 0 saturated carbocycles. The van der Waals surface area contributed by atoms with Crippen molar-refractivity contribution in [1.29, 1.82) is 0 Å². The van der Waals surface area contributed by atoms with E-state index in [1.54, 1.807) is 0 Å². The van der Waals surface area contributed by atoms with E-state index in [0.29, 0.717) is 11.7 Å². The highest BCUT2D eigenvalue weighted by Crippen LogP contribution is 2.15. The zero-order chi connectivity index (χ0) is 14.4. The van der Waals surface area contributed by atoms with E-state index >= 15 is 0 Å². The Morgan fingerprint density at radius 3 is 2.70 bits per heavy atom. The molecule has 6 nitrogen and oxygen atoms in total. The number of carbonyl (C=O) groups excluding carboxylic acids is 1. The topological polar surface area (TPSA) is 73.9 Å². The first-order valence-electron chi connectivity index (χ1n) is 7.65. The Balaban J connectivity index is 2.00. The van der Waals surface area contributed by atoms with Crippen LogP contribution in [0.1, 0.15) is 49.6 Å². The predicted molar refractivity (Wildman–Crippen MR) is 77.5 cm³/mol. The molecule has 0 atom stereocenters. The number of aromatic amines is 1. The van der Waals surface area contributed by atoms with Crippen molar-refractivity contribution in [2.24, 2.45) is 5.92 Å². The highest BCUT2D eigenvalue weighted by molar-refractivity contribution is 5.90. The van der Waals surface area contributed by atoms with Crippen LogP contribution in [-0.4, -0.2) is 52.2 Å². The third-order valence-corrected chi connectivity index (χ3v) is 3.78. The lowest BCUT2D eigenvalue weighted by Crippen LogP contribution is -2.40. The quantitative estimate of drug-likeness (QED) is 0.821. The standard InChI is InChI=1S/C14H25N5O/c1-3-9-19(10-11-5-7-15-8-6-11)14(20)13-16-12(4-2)17-18-13/h11,15H,3-10H2,1-2H3,(H,16,17,18). The number of rotatable bonds is 6. The summed E-state index contributed by atoms with van der Waals surface area (Å²) < 4.78 is 0. The molecular weight excluding hydrogens is 254 g/mol. The Labute approximate surface area is 120 Å². The summed E-state index contributed by atoms with van der Waals surface area (Å²) in [6, 6.07) is 0. The van der Waals surface area contributed by atoms with Gasteiger partial charge in [-0.1, -0.05) is 13.8 Å². The van der Waals surface area contributed by atoms with E-state index in [2.05, 4.69) is 27.4 Å². The molecule has 1 saturated heterocycles. The molecule has 0 aromatic carbocycles. The number of aryl methyl sites for hydroxylation is 1. The zero-order valence-corrected chi connectivity index (χ0v) is 12.5. The second-order valence-corrected chi connectivity index (χ2v) is 5.40. The minimum absolute atomic E-state index is 0.0404. The minimum atomic E-state index is -0.0404. The highest BCUT2D eigenvalue weighted by Gasteiger charge is 2.23. The Kier molecular flexibility index (Phi) is 5.52. The lowest BCUT2D eigenvalue weighted by atomic mass is 9.97. The maximum absolute atomic E-state index is 12.5. The molecule has 1 aliphatic rings. The van der Waals surface area contributed by atoms with Crippen molar-refractivity contribution in [1.82, 2.24) is 25.4 Å². The van der Waals surface area contributed by atoms with Crippen molar-refractivity contribution in [2.75, 3.05) is 26.2 Å². The van der Waals surface area contributed by atoms with Crippen LogP contribution in [0, 0.1) is 5.92 Å². The van der Waals surface area contributed by atoms with Gasteiger partial charge < -0.3 is 10.2 Å². The van der Waals surface area contributed by atoms with Gasteiger partial charge in [0.05, 0.1) is 0 Å². The number of amides is 1. The van der Waals surface area contributed by atoms with Crippen LogP contribution in [-0.2, 0) is 6.42 Å². The first-order valence-corrected chi connectivity index (χ1v) is 7.65. The van der Waals surface area contributed by atoms with Gasteiger partial charge in [0.15, 0.2) is 0 Å². The van der Waals surface area contributed by atoms with Crippen molar-refractivity contribution in [3.8, 4) is 0 Å². The number of H-pyrrole nitrogens is 1. The van der Waals surface area contributed by atoms with Crippen molar-refractivity contribution in [3.05, 3.63) is 11.6 Å². The lowest BCUT2D eigenvalue weighted by molar-refractivity contribution is 0.0704. The summed E-state index contributed by atoms with van der Waals surface area (Å²) in [6.07, 6.45) is 4.01. The SMILES string of the molecule is CCCN(CC1CCNCC1)C(=O)c1n[nH]c(CC)n1. The van der Waals surface area contributed by atoms with Gasteiger partial charge in [0, 0.05) is 19.5 Å². The molecule has 6 heteroatoms. The Morgan fingerprint density at radius 1 is 1.35 bits per heavy atom. The summed E-state index contributed by atoms with van der Waals surface area (Å²) >= 11 is 0. The molecule has 1 aliphatic heterocycles. The molecule has 0 spiro atoms. The molecule has 0 unspecified atom stereocenters. The molecule has 2 rings (SSSR count). The largest absolute Gasteiger partial charge is 0.336 e. The minimum Gasteiger partial charge on any atom is -0.336 e. The Bertz CT molecular complexity index is 425. The lowest BCUT2D eigenvalue weighted by Gasteiger charge is -2.29. The van der Waals surface area contributed by atoms with Crippen LogP contribution in [0.15, 0.2) is 0 Å². The van der Waals surface area contributed by atoms with Crippen LogP contribution < -0.4 is 5.32 Å². The van der Waals surface area contributed by atoms with E-state index in [9.17, 15) is 4.79 Å². The molecule has 112 valence electrons. The fourth-order valence-corrected chi connectivity index (χ4v) is 2.61. The average Bonchev–Trinajstić information content (AvgIpc) is 2.96. The van der Waals surface area contributed by atoms with Crippen LogP contribution in [0.3, 0.4) is 0 Å². The number of aromatic nitrogens is 3. The van der Waals surface area contributed by atoms with Gasteiger partial charge in [-0.15, -0.1) is 5.10 Å². The van der Waals surface area contributed by atoms with E-state index in [0.717, 1.165) is 57.7 Å². The molecule has 1 aromatic rings. The molecule has 2 heterocycles. The van der Waals surface area contributed by atoms with Gasteiger partial charge in [0.2, 0.25) is 5.82 Å². The second kappa shape index (κ2) is 7.38. The van der Waals surface area contributed by atoms with Gasteiger partial charge in [0.25, 0.3) is 5.91 Å². The molecule has 20 heavy (non-hydrogen) atoms. The zero-order valence-electron chi connectivity index (χ0n) is 12.5. The summed E-state index contributed by atoms with van der Waals surface area (Å²) in [6.45, 7) is 7.80. The van der Waals surface area contributed by atoms with Crippen LogP contribution >= 0.6 is 0 Å². The second-order valence-electron chi connectivity index (χ2n) is 5.40. The van der Waals surface area contributed by atoms with Crippen molar-refractivity contribution >= 4 is 5.91 Å². The first-order chi connectivity index (χ1) is 9.74. The maximum Gasteiger partial charge on any atom is 0.293 e. The summed E-state index contributed by atoms with van der Waals surface area (Å²) in [5, 5.41) is 10.2. The van der Waals surface area contributed by atoms with Gasteiger partial charge in [-0.2, -0.15) is 0 Å². The predicted octanol–water partition coefficient (Wildman–Crippen LogP) is 1.22. The van der Waals surface area contributed by atoms with E-state index in [1.807, 2.05) is 11.8 Å².